The Morgan fingerprint density at radius 1 is 1.20 bits per heavy atom. The number of aromatic amines is 1. The summed E-state index contributed by atoms with van der Waals surface area (Å²) in [7, 11) is 1.16. The molecule has 0 amide bonds. The van der Waals surface area contributed by atoms with Crippen LogP contribution in [0.2, 0.25) is 0 Å². The topological polar surface area (TPSA) is 109 Å². The monoisotopic (exact) mass is 489 g/mol. The van der Waals surface area contributed by atoms with E-state index in [2.05, 4.69) is 25.1 Å². The van der Waals surface area contributed by atoms with Gasteiger partial charge in [-0.25, -0.2) is 15.0 Å². The number of ether oxygens (including phenoxy) is 2. The molecule has 1 atom stereocenters. The van der Waals surface area contributed by atoms with Gasteiger partial charge in [0.25, 0.3) is 0 Å². The van der Waals surface area contributed by atoms with Gasteiger partial charge in [0.2, 0.25) is 11.8 Å². The number of hydrogen-bond acceptors (Lipinski definition) is 9. The average Bonchev–Trinajstić information content (AvgIpc) is 3.52. The highest BCUT2D eigenvalue weighted by atomic mass is 19.4. The van der Waals surface area contributed by atoms with Gasteiger partial charge in [0.15, 0.2) is 18.3 Å². The van der Waals surface area contributed by atoms with Gasteiger partial charge in [-0.15, -0.1) is 0 Å². The molecule has 0 aromatic carbocycles. The van der Waals surface area contributed by atoms with Crippen molar-refractivity contribution >= 4 is 17.8 Å². The predicted octanol–water partition coefficient (Wildman–Crippen LogP) is 3.00. The molecule has 5 heterocycles. The van der Waals surface area contributed by atoms with Crippen LogP contribution in [0.1, 0.15) is 40.0 Å². The molecular weight excluding hydrogens is 467 g/mol. The molecule has 0 bridgehead atoms. The van der Waals surface area contributed by atoms with E-state index < -0.39 is 23.8 Å². The highest BCUT2D eigenvalue weighted by molar-refractivity contribution is 5.82. The van der Waals surface area contributed by atoms with Crippen molar-refractivity contribution in [2.75, 3.05) is 30.0 Å². The van der Waals surface area contributed by atoms with Crippen molar-refractivity contribution in [3.63, 3.8) is 0 Å². The third-order valence-electron chi connectivity index (χ3n) is 6.16. The van der Waals surface area contributed by atoms with E-state index >= 15 is 0 Å². The van der Waals surface area contributed by atoms with Gasteiger partial charge in [0, 0.05) is 32.1 Å². The van der Waals surface area contributed by atoms with E-state index in [1.807, 2.05) is 4.90 Å². The van der Waals surface area contributed by atoms with E-state index in [0.717, 1.165) is 31.6 Å². The molecule has 0 saturated carbocycles. The summed E-state index contributed by atoms with van der Waals surface area (Å²) in [6.45, 7) is 1.37. The quantitative estimate of drug-likeness (QED) is 0.523. The van der Waals surface area contributed by atoms with Crippen molar-refractivity contribution < 1.29 is 27.4 Å². The number of methoxy groups -OCH3 is 1. The third-order valence-corrected chi connectivity index (χ3v) is 6.16. The number of fused-ring (bicyclic) bond motifs is 1. The maximum Gasteiger partial charge on any atom is 0.421 e. The molecule has 1 fully saturated rings. The number of hydrogen-bond donors (Lipinski definition) is 1. The van der Waals surface area contributed by atoms with Gasteiger partial charge in [-0.2, -0.15) is 18.3 Å². The van der Waals surface area contributed by atoms with Crippen LogP contribution < -0.4 is 19.3 Å². The number of halogens is 3. The van der Waals surface area contributed by atoms with Gasteiger partial charge < -0.3 is 19.3 Å². The van der Waals surface area contributed by atoms with E-state index in [9.17, 15) is 18.0 Å². The molecule has 0 radical (unpaired) electrons. The standard InChI is InChI=1S/C22H22F3N7O3/c1-34-21-16(22(23,24)25)7-14(9-26-21)31-6-4-17-15(10-31)20(28-12-27-17)35-18-3-2-5-32(18)19-13(11-33)8-29-30-19/h7-9,11-12,18H,2-6,10H2,1H3,(H,29,30). The minimum absolute atomic E-state index is 0.255. The van der Waals surface area contributed by atoms with Crippen molar-refractivity contribution in [2.45, 2.75) is 38.2 Å². The molecule has 10 nitrogen and oxygen atoms in total. The Morgan fingerprint density at radius 2 is 2.06 bits per heavy atom. The fourth-order valence-corrected chi connectivity index (χ4v) is 4.46. The molecule has 1 saturated heterocycles. The van der Waals surface area contributed by atoms with Crippen molar-refractivity contribution in [2.24, 2.45) is 0 Å². The number of aldehydes is 1. The van der Waals surface area contributed by atoms with Crippen LogP contribution in [0.4, 0.5) is 24.7 Å². The molecule has 35 heavy (non-hydrogen) atoms. The maximum atomic E-state index is 13.5. The first-order valence-electron chi connectivity index (χ1n) is 11.0. The third kappa shape index (κ3) is 4.33. The summed E-state index contributed by atoms with van der Waals surface area (Å²) in [4.78, 5) is 27.6. The molecule has 184 valence electrons. The zero-order chi connectivity index (χ0) is 24.6. The Morgan fingerprint density at radius 3 is 2.83 bits per heavy atom. The number of pyridine rings is 1. The zero-order valence-corrected chi connectivity index (χ0v) is 18.7. The van der Waals surface area contributed by atoms with E-state index in [0.29, 0.717) is 54.4 Å². The normalized spacial score (nSPS) is 17.9. The van der Waals surface area contributed by atoms with Gasteiger partial charge in [0.1, 0.15) is 11.9 Å². The fourth-order valence-electron chi connectivity index (χ4n) is 4.46. The van der Waals surface area contributed by atoms with Crippen LogP contribution in [-0.2, 0) is 19.1 Å². The number of alkyl halides is 3. The van der Waals surface area contributed by atoms with Crippen molar-refractivity contribution in [1.29, 1.82) is 0 Å². The van der Waals surface area contributed by atoms with Crippen molar-refractivity contribution in [3.05, 3.63) is 47.2 Å². The van der Waals surface area contributed by atoms with Crippen LogP contribution >= 0.6 is 0 Å². The van der Waals surface area contributed by atoms with Gasteiger partial charge in [-0.05, 0) is 12.5 Å². The summed E-state index contributed by atoms with van der Waals surface area (Å²) < 4.78 is 51.6. The summed E-state index contributed by atoms with van der Waals surface area (Å²) >= 11 is 0. The molecule has 3 aromatic rings. The number of anilines is 2. The first kappa shape index (κ1) is 22.9. The summed E-state index contributed by atoms with van der Waals surface area (Å²) in [5, 5.41) is 6.88. The summed E-state index contributed by atoms with van der Waals surface area (Å²) in [6, 6.07) is 1.04. The molecule has 0 spiro atoms. The highest BCUT2D eigenvalue weighted by Gasteiger charge is 2.37. The lowest BCUT2D eigenvalue weighted by molar-refractivity contribution is -0.139. The molecule has 1 unspecified atom stereocenters. The number of aromatic nitrogens is 5. The average molecular weight is 489 g/mol. The lowest BCUT2D eigenvalue weighted by Crippen LogP contribution is -2.37. The molecule has 2 aliphatic rings. The minimum Gasteiger partial charge on any atom is -0.481 e. The van der Waals surface area contributed by atoms with Crippen LogP contribution in [-0.4, -0.2) is 57.9 Å². The summed E-state index contributed by atoms with van der Waals surface area (Å²) in [5.41, 5.74) is 1.29. The van der Waals surface area contributed by atoms with Gasteiger partial charge in [-0.3, -0.25) is 9.89 Å². The fraction of sp³-hybridized carbons (Fsp3) is 0.409. The Kier molecular flexibility index (Phi) is 5.91. The predicted molar refractivity (Wildman–Crippen MR) is 118 cm³/mol. The smallest absolute Gasteiger partial charge is 0.421 e. The molecular formula is C22H22F3N7O3. The van der Waals surface area contributed by atoms with Gasteiger partial charge in [0.05, 0.1) is 42.4 Å². The first-order valence-corrected chi connectivity index (χ1v) is 11.0. The number of rotatable bonds is 6. The molecule has 2 aliphatic heterocycles. The van der Waals surface area contributed by atoms with Gasteiger partial charge >= 0.3 is 6.18 Å². The number of carbonyl (C=O) groups is 1. The van der Waals surface area contributed by atoms with E-state index in [4.69, 9.17) is 9.47 Å². The van der Waals surface area contributed by atoms with E-state index in [1.54, 1.807) is 4.90 Å². The SMILES string of the molecule is COc1ncc(N2CCc3ncnc(OC4CCCN4c4n[nH]cc4C=O)c3C2)cc1C(F)(F)F. The van der Waals surface area contributed by atoms with Crippen LogP contribution in [0.5, 0.6) is 11.8 Å². The van der Waals surface area contributed by atoms with Crippen LogP contribution in [0.15, 0.2) is 24.8 Å². The summed E-state index contributed by atoms with van der Waals surface area (Å²) in [6.07, 6.45) is 2.09. The van der Waals surface area contributed by atoms with Crippen LogP contribution in [0.3, 0.4) is 0 Å². The Labute approximate surface area is 198 Å². The lowest BCUT2D eigenvalue weighted by Gasteiger charge is -2.32. The minimum atomic E-state index is -4.60. The van der Waals surface area contributed by atoms with Crippen LogP contribution in [0, 0.1) is 0 Å². The maximum absolute atomic E-state index is 13.5. The second-order valence-electron chi connectivity index (χ2n) is 8.21. The van der Waals surface area contributed by atoms with E-state index in [-0.39, 0.29) is 6.54 Å². The lowest BCUT2D eigenvalue weighted by atomic mass is 10.1. The Hall–Kier alpha value is -3.90. The molecule has 0 aliphatic carbocycles. The second-order valence-corrected chi connectivity index (χ2v) is 8.21. The van der Waals surface area contributed by atoms with Crippen molar-refractivity contribution in [1.82, 2.24) is 25.1 Å². The van der Waals surface area contributed by atoms with Crippen LogP contribution in [0.25, 0.3) is 0 Å². The summed E-state index contributed by atoms with van der Waals surface area (Å²) in [5.74, 6) is 0.397. The molecule has 13 heteroatoms. The van der Waals surface area contributed by atoms with Gasteiger partial charge in [-0.1, -0.05) is 0 Å². The number of nitrogens with zero attached hydrogens (tertiary/aromatic N) is 6. The highest BCUT2D eigenvalue weighted by Crippen LogP contribution is 2.38. The number of carbonyl (C=O) groups excluding carboxylic acids is 1. The molecule has 3 aromatic heterocycles. The zero-order valence-electron chi connectivity index (χ0n) is 18.7. The first-order chi connectivity index (χ1) is 16.9. The number of H-pyrrole nitrogens is 1. The molecule has 1 N–H and O–H groups in total. The largest absolute Gasteiger partial charge is 0.481 e. The Balaban J connectivity index is 1.41. The molecule has 5 rings (SSSR count). The number of nitrogens with one attached hydrogen (secondary N) is 1. The van der Waals surface area contributed by atoms with Crippen molar-refractivity contribution in [3.8, 4) is 11.8 Å². The second kappa shape index (κ2) is 9.04. The Bertz CT molecular complexity index is 1230. The van der Waals surface area contributed by atoms with E-state index in [1.165, 1.54) is 18.7 Å².